The van der Waals surface area contributed by atoms with Crippen LogP contribution >= 0.6 is 0 Å². The summed E-state index contributed by atoms with van der Waals surface area (Å²) >= 11 is 0. The first-order valence-corrected chi connectivity index (χ1v) is 3.81. The molecule has 0 aliphatic carbocycles. The number of amides is 3. The van der Waals surface area contributed by atoms with Crippen molar-refractivity contribution in [2.45, 2.75) is 6.92 Å². The summed E-state index contributed by atoms with van der Waals surface area (Å²) in [5.41, 5.74) is 4.98. The van der Waals surface area contributed by atoms with Crippen LogP contribution < -0.4 is 5.73 Å². The van der Waals surface area contributed by atoms with Crippen LogP contribution in [0, 0.1) is 0 Å². The molecule has 0 atom stereocenters. The Labute approximate surface area is 75.1 Å². The summed E-state index contributed by atoms with van der Waals surface area (Å²) in [5.74, 6) is -0.402. The number of imide groups is 1. The van der Waals surface area contributed by atoms with Gasteiger partial charge in [0.2, 0.25) is 0 Å². The summed E-state index contributed by atoms with van der Waals surface area (Å²) in [5, 5.41) is 0. The van der Waals surface area contributed by atoms with Gasteiger partial charge in [-0.2, -0.15) is 0 Å². The van der Waals surface area contributed by atoms with Crippen molar-refractivity contribution in [2.75, 3.05) is 6.54 Å². The van der Waals surface area contributed by atoms with Crippen LogP contribution in [-0.2, 0) is 0 Å². The van der Waals surface area contributed by atoms with E-state index in [4.69, 9.17) is 10.2 Å². The van der Waals surface area contributed by atoms with E-state index in [1.54, 1.807) is 13.0 Å². The molecule has 3 amide bonds. The Morgan fingerprint density at radius 3 is 2.69 bits per heavy atom. The Morgan fingerprint density at radius 2 is 2.31 bits per heavy atom. The number of carbonyl (C=O) groups excluding carboxylic acids is 2. The van der Waals surface area contributed by atoms with Gasteiger partial charge in [-0.1, -0.05) is 0 Å². The summed E-state index contributed by atoms with van der Waals surface area (Å²) in [6, 6.07) is 2.28. The van der Waals surface area contributed by atoms with Crippen molar-refractivity contribution in [2.24, 2.45) is 5.73 Å². The maximum atomic E-state index is 11.4. The Balaban J connectivity index is 2.83. The molecule has 0 fully saturated rings. The molecule has 0 saturated heterocycles. The number of primary amides is 1. The number of nitrogens with zero attached hydrogens (tertiary/aromatic N) is 1. The molecule has 0 aliphatic rings. The lowest BCUT2D eigenvalue weighted by Gasteiger charge is -2.13. The summed E-state index contributed by atoms with van der Waals surface area (Å²) < 4.78 is 4.83. The number of carbonyl (C=O) groups is 2. The minimum atomic E-state index is -0.774. The van der Waals surface area contributed by atoms with Crippen molar-refractivity contribution in [3.05, 3.63) is 24.2 Å². The molecule has 13 heavy (non-hydrogen) atoms. The van der Waals surface area contributed by atoms with E-state index >= 15 is 0 Å². The summed E-state index contributed by atoms with van der Waals surface area (Å²) in [6.07, 6.45) is 1.36. The SMILES string of the molecule is CCN(C(N)=O)C(=O)c1ccco1. The van der Waals surface area contributed by atoms with E-state index in [2.05, 4.69) is 0 Å². The molecule has 0 aromatic carbocycles. The van der Waals surface area contributed by atoms with E-state index in [0.29, 0.717) is 0 Å². The van der Waals surface area contributed by atoms with Gasteiger partial charge in [-0.25, -0.2) is 4.79 Å². The van der Waals surface area contributed by atoms with Crippen LogP contribution in [0.3, 0.4) is 0 Å². The van der Waals surface area contributed by atoms with Gasteiger partial charge < -0.3 is 10.2 Å². The second-order valence-electron chi connectivity index (χ2n) is 2.36. The van der Waals surface area contributed by atoms with Crippen molar-refractivity contribution in [3.8, 4) is 0 Å². The second-order valence-corrected chi connectivity index (χ2v) is 2.36. The van der Waals surface area contributed by atoms with Crippen LogP contribution in [0.2, 0.25) is 0 Å². The molecular formula is C8H10N2O3. The summed E-state index contributed by atoms with van der Waals surface area (Å²) in [4.78, 5) is 23.1. The number of rotatable bonds is 2. The van der Waals surface area contributed by atoms with E-state index in [9.17, 15) is 9.59 Å². The van der Waals surface area contributed by atoms with E-state index in [0.717, 1.165) is 4.90 Å². The Morgan fingerprint density at radius 1 is 1.62 bits per heavy atom. The van der Waals surface area contributed by atoms with Crippen LogP contribution in [-0.4, -0.2) is 23.4 Å². The first kappa shape index (κ1) is 9.31. The molecule has 0 saturated carbocycles. The molecule has 1 heterocycles. The van der Waals surface area contributed by atoms with Gasteiger partial charge in [0.15, 0.2) is 5.76 Å². The highest BCUT2D eigenvalue weighted by Crippen LogP contribution is 2.04. The van der Waals surface area contributed by atoms with Crippen LogP contribution in [0.4, 0.5) is 4.79 Å². The standard InChI is InChI=1S/C8H10N2O3/c1-2-10(8(9)12)7(11)6-4-3-5-13-6/h3-5H,2H2,1H3,(H2,9,12). The highest BCUT2D eigenvalue weighted by molar-refractivity contribution is 6.02. The third kappa shape index (κ3) is 1.87. The molecule has 70 valence electrons. The van der Waals surface area contributed by atoms with Crippen LogP contribution in [0.1, 0.15) is 17.5 Å². The Hall–Kier alpha value is -1.78. The zero-order valence-electron chi connectivity index (χ0n) is 7.19. The average Bonchev–Trinajstić information content (AvgIpc) is 2.56. The topological polar surface area (TPSA) is 76.5 Å². The van der Waals surface area contributed by atoms with E-state index in [1.165, 1.54) is 12.3 Å². The first-order chi connectivity index (χ1) is 6.16. The van der Waals surface area contributed by atoms with Crippen molar-refractivity contribution in [3.63, 3.8) is 0 Å². The van der Waals surface area contributed by atoms with E-state index in [1.807, 2.05) is 0 Å². The normalized spacial score (nSPS) is 9.62. The number of urea groups is 1. The Kier molecular flexibility index (Phi) is 2.69. The number of hydrogen-bond donors (Lipinski definition) is 1. The quantitative estimate of drug-likeness (QED) is 0.735. The minimum Gasteiger partial charge on any atom is -0.459 e. The van der Waals surface area contributed by atoms with Crippen molar-refractivity contribution < 1.29 is 14.0 Å². The molecule has 5 heteroatoms. The molecule has 0 spiro atoms. The number of hydrogen-bond acceptors (Lipinski definition) is 3. The molecule has 1 aromatic heterocycles. The summed E-state index contributed by atoms with van der Waals surface area (Å²) in [7, 11) is 0. The maximum absolute atomic E-state index is 11.4. The molecule has 5 nitrogen and oxygen atoms in total. The summed E-state index contributed by atoms with van der Waals surface area (Å²) in [6.45, 7) is 1.89. The van der Waals surface area contributed by atoms with Gasteiger partial charge in [0.05, 0.1) is 6.26 Å². The molecular weight excluding hydrogens is 172 g/mol. The fourth-order valence-corrected chi connectivity index (χ4v) is 0.933. The monoisotopic (exact) mass is 182 g/mol. The fraction of sp³-hybridized carbons (Fsp3) is 0.250. The van der Waals surface area contributed by atoms with Gasteiger partial charge in [0, 0.05) is 6.54 Å². The van der Waals surface area contributed by atoms with Crippen LogP contribution in [0.5, 0.6) is 0 Å². The Bertz CT molecular complexity index is 305. The lowest BCUT2D eigenvalue weighted by Crippen LogP contribution is -2.40. The lowest BCUT2D eigenvalue weighted by atomic mass is 10.4. The van der Waals surface area contributed by atoms with Crippen LogP contribution in [0.25, 0.3) is 0 Å². The largest absolute Gasteiger partial charge is 0.459 e. The molecule has 1 aromatic rings. The van der Waals surface area contributed by atoms with Crippen molar-refractivity contribution in [1.29, 1.82) is 0 Å². The third-order valence-corrected chi connectivity index (χ3v) is 1.56. The van der Waals surface area contributed by atoms with Gasteiger partial charge in [-0.3, -0.25) is 9.69 Å². The zero-order chi connectivity index (χ0) is 9.84. The van der Waals surface area contributed by atoms with Gasteiger partial charge in [-0.15, -0.1) is 0 Å². The van der Waals surface area contributed by atoms with Crippen molar-refractivity contribution >= 4 is 11.9 Å². The van der Waals surface area contributed by atoms with E-state index < -0.39 is 11.9 Å². The van der Waals surface area contributed by atoms with Gasteiger partial charge >= 0.3 is 6.03 Å². The van der Waals surface area contributed by atoms with Crippen LogP contribution in [0.15, 0.2) is 22.8 Å². The lowest BCUT2D eigenvalue weighted by molar-refractivity contribution is 0.0784. The molecule has 2 N–H and O–H groups in total. The molecule has 0 bridgehead atoms. The predicted molar refractivity (Wildman–Crippen MR) is 45.0 cm³/mol. The number of nitrogens with two attached hydrogens (primary N) is 1. The minimum absolute atomic E-state index is 0.112. The van der Waals surface area contributed by atoms with Gasteiger partial charge in [0.1, 0.15) is 0 Å². The maximum Gasteiger partial charge on any atom is 0.321 e. The number of furan rings is 1. The fourth-order valence-electron chi connectivity index (χ4n) is 0.933. The third-order valence-electron chi connectivity index (χ3n) is 1.56. The first-order valence-electron chi connectivity index (χ1n) is 3.81. The second kappa shape index (κ2) is 3.75. The van der Waals surface area contributed by atoms with Crippen molar-refractivity contribution in [1.82, 2.24) is 4.90 Å². The highest BCUT2D eigenvalue weighted by Gasteiger charge is 2.20. The smallest absolute Gasteiger partial charge is 0.321 e. The molecule has 0 unspecified atom stereocenters. The zero-order valence-corrected chi connectivity index (χ0v) is 7.19. The average molecular weight is 182 g/mol. The highest BCUT2D eigenvalue weighted by atomic mass is 16.3. The molecule has 0 radical (unpaired) electrons. The molecule has 0 aliphatic heterocycles. The van der Waals surface area contributed by atoms with Gasteiger partial charge in [0.25, 0.3) is 5.91 Å². The van der Waals surface area contributed by atoms with Gasteiger partial charge in [-0.05, 0) is 19.1 Å². The predicted octanol–water partition coefficient (Wildman–Crippen LogP) is 0.820. The molecule has 1 rings (SSSR count). The van der Waals surface area contributed by atoms with E-state index in [-0.39, 0.29) is 12.3 Å².